The summed E-state index contributed by atoms with van der Waals surface area (Å²) in [6.45, 7) is 0.383. The van der Waals surface area contributed by atoms with E-state index in [2.05, 4.69) is 10.9 Å². The molecule has 24 heavy (non-hydrogen) atoms. The molecule has 2 amide bonds. The molecule has 0 aliphatic heterocycles. The van der Waals surface area contributed by atoms with Crippen molar-refractivity contribution in [1.82, 2.24) is 10.9 Å². The first kappa shape index (κ1) is 17.6. The van der Waals surface area contributed by atoms with E-state index in [0.717, 1.165) is 5.56 Å². The van der Waals surface area contributed by atoms with Gasteiger partial charge in [0.1, 0.15) is 12.5 Å². The van der Waals surface area contributed by atoms with Gasteiger partial charge in [0.25, 0.3) is 11.8 Å². The molecule has 0 aliphatic rings. The zero-order chi connectivity index (χ0) is 17.4. The van der Waals surface area contributed by atoms with E-state index in [0.29, 0.717) is 23.7 Å². The second-order valence-electron chi connectivity index (χ2n) is 4.78. The fourth-order valence-electron chi connectivity index (χ4n) is 1.90. The molecule has 0 spiro atoms. The van der Waals surface area contributed by atoms with E-state index in [1.54, 1.807) is 12.1 Å². The van der Waals surface area contributed by atoms with Crippen LogP contribution in [0.5, 0.6) is 11.5 Å². The molecule has 6 nitrogen and oxygen atoms in total. The minimum absolute atomic E-state index is 0.240. The summed E-state index contributed by atoms with van der Waals surface area (Å²) in [7, 11) is 1.49. The summed E-state index contributed by atoms with van der Waals surface area (Å²) >= 11 is 5.34. The topological polar surface area (TPSA) is 76.7 Å². The molecule has 0 aliphatic carbocycles. The van der Waals surface area contributed by atoms with Crippen molar-refractivity contribution < 1.29 is 19.1 Å². The highest BCUT2D eigenvalue weighted by molar-refractivity contribution is 6.27. The maximum atomic E-state index is 12.0. The Bertz CT molecular complexity index is 707. The molecule has 7 heteroatoms. The van der Waals surface area contributed by atoms with Gasteiger partial charge in [-0.3, -0.25) is 20.4 Å². The van der Waals surface area contributed by atoms with Crippen LogP contribution in [0.25, 0.3) is 0 Å². The first-order valence-corrected chi connectivity index (χ1v) is 7.67. The van der Waals surface area contributed by atoms with Crippen LogP contribution in [0.3, 0.4) is 0 Å². The number of methoxy groups -OCH3 is 1. The van der Waals surface area contributed by atoms with E-state index in [9.17, 15) is 9.59 Å². The van der Waals surface area contributed by atoms with E-state index in [4.69, 9.17) is 21.1 Å². The van der Waals surface area contributed by atoms with Gasteiger partial charge in [0.2, 0.25) is 0 Å². The van der Waals surface area contributed by atoms with Crippen LogP contribution in [-0.4, -0.2) is 24.8 Å². The monoisotopic (exact) mass is 348 g/mol. The van der Waals surface area contributed by atoms with E-state index >= 15 is 0 Å². The Morgan fingerprint density at radius 2 is 1.79 bits per heavy atom. The molecule has 0 saturated heterocycles. The summed E-state index contributed by atoms with van der Waals surface area (Å²) in [5.74, 6) is -0.290. The fraction of sp³-hybridized carbons (Fsp3) is 0.176. The Kier molecular flexibility index (Phi) is 6.45. The molecule has 0 atom stereocenters. The predicted octanol–water partition coefficient (Wildman–Crippen LogP) is 2.27. The number of hydrogen-bond donors (Lipinski definition) is 2. The van der Waals surface area contributed by atoms with Crippen molar-refractivity contribution >= 4 is 23.4 Å². The number of ether oxygens (including phenoxy) is 2. The zero-order valence-electron chi connectivity index (χ0n) is 13.0. The van der Waals surface area contributed by atoms with Crippen molar-refractivity contribution in [3.63, 3.8) is 0 Å². The zero-order valence-corrected chi connectivity index (χ0v) is 13.8. The lowest BCUT2D eigenvalue weighted by atomic mass is 10.2. The molecule has 0 unspecified atom stereocenters. The minimum atomic E-state index is -0.500. The van der Waals surface area contributed by atoms with Crippen LogP contribution in [0.15, 0.2) is 48.5 Å². The Morgan fingerprint density at radius 3 is 2.46 bits per heavy atom. The van der Waals surface area contributed by atoms with Crippen LogP contribution >= 0.6 is 11.6 Å². The number of benzene rings is 2. The average Bonchev–Trinajstić information content (AvgIpc) is 2.64. The molecule has 2 aromatic carbocycles. The summed E-state index contributed by atoms with van der Waals surface area (Å²) in [4.78, 5) is 23.0. The number of rotatable bonds is 6. The molecule has 126 valence electrons. The van der Waals surface area contributed by atoms with Crippen LogP contribution in [0.2, 0.25) is 0 Å². The van der Waals surface area contributed by atoms with E-state index in [-0.39, 0.29) is 5.88 Å². The Morgan fingerprint density at radius 1 is 1.04 bits per heavy atom. The third-order valence-electron chi connectivity index (χ3n) is 3.10. The molecule has 0 saturated carbocycles. The van der Waals surface area contributed by atoms with Crippen LogP contribution in [0, 0.1) is 0 Å². The summed E-state index contributed by atoms with van der Waals surface area (Å²) in [5, 5.41) is 0. The van der Waals surface area contributed by atoms with Gasteiger partial charge >= 0.3 is 0 Å². The Balaban J connectivity index is 2.04. The third kappa shape index (κ3) is 4.89. The lowest BCUT2D eigenvalue weighted by Crippen LogP contribution is -2.42. The molecule has 2 N–H and O–H groups in total. The number of hydrogen-bond acceptors (Lipinski definition) is 4. The molecule has 2 aromatic rings. The van der Waals surface area contributed by atoms with E-state index < -0.39 is 11.8 Å². The van der Waals surface area contributed by atoms with Crippen molar-refractivity contribution in [2.45, 2.75) is 6.61 Å². The van der Waals surface area contributed by atoms with E-state index in [1.807, 2.05) is 30.3 Å². The van der Waals surface area contributed by atoms with Crippen LogP contribution < -0.4 is 20.3 Å². The van der Waals surface area contributed by atoms with Crippen LogP contribution in [0.1, 0.15) is 15.9 Å². The maximum Gasteiger partial charge on any atom is 0.269 e. The second kappa shape index (κ2) is 8.79. The lowest BCUT2D eigenvalue weighted by Gasteiger charge is -2.12. The molecule has 2 rings (SSSR count). The van der Waals surface area contributed by atoms with Gasteiger partial charge in [0.15, 0.2) is 11.5 Å². The smallest absolute Gasteiger partial charge is 0.269 e. The van der Waals surface area contributed by atoms with Gasteiger partial charge in [-0.15, -0.1) is 11.6 Å². The second-order valence-corrected chi connectivity index (χ2v) is 5.04. The van der Waals surface area contributed by atoms with Gasteiger partial charge in [0, 0.05) is 5.56 Å². The number of alkyl halides is 1. The molecule has 0 radical (unpaired) electrons. The van der Waals surface area contributed by atoms with Crippen molar-refractivity contribution in [3.05, 3.63) is 59.7 Å². The number of amides is 2. The van der Waals surface area contributed by atoms with Crippen LogP contribution in [0.4, 0.5) is 0 Å². The maximum absolute atomic E-state index is 12.0. The number of carbonyl (C=O) groups is 2. The largest absolute Gasteiger partial charge is 0.493 e. The first-order chi connectivity index (χ1) is 11.6. The fourth-order valence-corrected chi connectivity index (χ4v) is 1.96. The Hall–Kier alpha value is -2.73. The molecule has 0 aromatic heterocycles. The number of carbonyl (C=O) groups excluding carboxylic acids is 2. The quantitative estimate of drug-likeness (QED) is 0.620. The SMILES string of the molecule is COc1cc(C(=O)NNC(=O)CCl)ccc1OCc1ccccc1. The van der Waals surface area contributed by atoms with Gasteiger partial charge in [0.05, 0.1) is 7.11 Å². The third-order valence-corrected chi connectivity index (χ3v) is 3.34. The van der Waals surface area contributed by atoms with Crippen LogP contribution in [-0.2, 0) is 11.4 Å². The van der Waals surface area contributed by atoms with Gasteiger partial charge in [-0.05, 0) is 23.8 Å². The molecular formula is C17H17ClN2O4. The summed E-state index contributed by atoms with van der Waals surface area (Å²) in [6, 6.07) is 14.4. The summed E-state index contributed by atoms with van der Waals surface area (Å²) < 4.78 is 11.0. The molecule has 0 heterocycles. The summed E-state index contributed by atoms with van der Waals surface area (Å²) in [5.41, 5.74) is 5.78. The molecule has 0 bridgehead atoms. The molecule has 0 fully saturated rings. The standard InChI is InChI=1S/C17H17ClN2O4/c1-23-15-9-13(17(22)20-19-16(21)10-18)7-8-14(15)24-11-12-5-3-2-4-6-12/h2-9H,10-11H2,1H3,(H,19,21)(H,20,22). The van der Waals surface area contributed by atoms with E-state index in [1.165, 1.54) is 13.2 Å². The normalized spacial score (nSPS) is 9.92. The minimum Gasteiger partial charge on any atom is -0.493 e. The van der Waals surface area contributed by atoms with Gasteiger partial charge in [-0.2, -0.15) is 0 Å². The highest BCUT2D eigenvalue weighted by Crippen LogP contribution is 2.28. The van der Waals surface area contributed by atoms with Crippen molar-refractivity contribution in [2.75, 3.05) is 13.0 Å². The summed E-state index contributed by atoms with van der Waals surface area (Å²) in [6.07, 6.45) is 0. The number of hydrazine groups is 1. The first-order valence-electron chi connectivity index (χ1n) is 7.14. The predicted molar refractivity (Wildman–Crippen MR) is 90.1 cm³/mol. The average molecular weight is 349 g/mol. The molecular weight excluding hydrogens is 332 g/mol. The van der Waals surface area contributed by atoms with Gasteiger partial charge < -0.3 is 9.47 Å². The van der Waals surface area contributed by atoms with Crippen molar-refractivity contribution in [1.29, 1.82) is 0 Å². The number of halogens is 1. The lowest BCUT2D eigenvalue weighted by molar-refractivity contribution is -0.119. The highest BCUT2D eigenvalue weighted by atomic mass is 35.5. The van der Waals surface area contributed by atoms with Gasteiger partial charge in [-0.1, -0.05) is 30.3 Å². The highest BCUT2D eigenvalue weighted by Gasteiger charge is 2.12. The number of nitrogens with one attached hydrogen (secondary N) is 2. The van der Waals surface area contributed by atoms with Crippen molar-refractivity contribution in [2.24, 2.45) is 0 Å². The van der Waals surface area contributed by atoms with Gasteiger partial charge in [-0.25, -0.2) is 0 Å². The Labute approximate surface area is 144 Å². The van der Waals surface area contributed by atoms with Crippen molar-refractivity contribution in [3.8, 4) is 11.5 Å².